The standard InChI is InChI=1S/C13H14BrClN2O2/c1-3-9-13(19)17(7(2)12(18)16-9)10-6-4-5-8(15)11(10)14/h4-7,9H,3H2,1-2H3,(H,16,18). The molecule has 6 heteroatoms. The molecular formula is C13H14BrClN2O2. The van der Waals surface area contributed by atoms with E-state index in [-0.39, 0.29) is 11.8 Å². The Morgan fingerprint density at radius 2 is 2.11 bits per heavy atom. The molecule has 1 aliphatic rings. The minimum absolute atomic E-state index is 0.113. The first-order valence-corrected chi connectivity index (χ1v) is 7.22. The highest BCUT2D eigenvalue weighted by Gasteiger charge is 2.38. The molecule has 0 spiro atoms. The first-order valence-electron chi connectivity index (χ1n) is 6.04. The maximum absolute atomic E-state index is 12.4. The van der Waals surface area contributed by atoms with E-state index in [2.05, 4.69) is 21.2 Å². The van der Waals surface area contributed by atoms with Gasteiger partial charge in [0, 0.05) is 0 Å². The number of hydrogen-bond acceptors (Lipinski definition) is 2. The number of carbonyl (C=O) groups is 2. The Morgan fingerprint density at radius 1 is 1.42 bits per heavy atom. The van der Waals surface area contributed by atoms with Gasteiger partial charge in [0.15, 0.2) is 0 Å². The summed E-state index contributed by atoms with van der Waals surface area (Å²) in [6.07, 6.45) is 0.561. The van der Waals surface area contributed by atoms with E-state index in [9.17, 15) is 9.59 Å². The third kappa shape index (κ3) is 2.49. The highest BCUT2D eigenvalue weighted by Crippen LogP contribution is 2.35. The molecule has 0 aromatic heterocycles. The normalized spacial score (nSPS) is 23.5. The number of benzene rings is 1. The van der Waals surface area contributed by atoms with Gasteiger partial charge < -0.3 is 5.32 Å². The Morgan fingerprint density at radius 3 is 2.74 bits per heavy atom. The van der Waals surface area contributed by atoms with Crippen molar-refractivity contribution >= 4 is 45.0 Å². The molecule has 1 saturated heterocycles. The van der Waals surface area contributed by atoms with E-state index >= 15 is 0 Å². The van der Waals surface area contributed by atoms with E-state index in [1.165, 1.54) is 4.90 Å². The van der Waals surface area contributed by atoms with E-state index in [0.29, 0.717) is 21.6 Å². The second-order valence-electron chi connectivity index (χ2n) is 4.43. The number of anilines is 1. The van der Waals surface area contributed by atoms with Crippen LogP contribution >= 0.6 is 27.5 Å². The van der Waals surface area contributed by atoms with E-state index in [1.54, 1.807) is 25.1 Å². The maximum atomic E-state index is 12.4. The minimum Gasteiger partial charge on any atom is -0.343 e. The zero-order valence-electron chi connectivity index (χ0n) is 10.6. The third-order valence-corrected chi connectivity index (χ3v) is 4.59. The number of piperazine rings is 1. The van der Waals surface area contributed by atoms with Gasteiger partial charge in [-0.3, -0.25) is 14.5 Å². The van der Waals surface area contributed by atoms with Gasteiger partial charge in [-0.05, 0) is 41.4 Å². The van der Waals surface area contributed by atoms with Crippen molar-refractivity contribution in [1.82, 2.24) is 5.32 Å². The first-order chi connectivity index (χ1) is 8.97. The molecule has 1 aromatic rings. The SMILES string of the molecule is CCC1NC(=O)C(C)N(c2cccc(Cl)c2Br)C1=O. The van der Waals surface area contributed by atoms with Gasteiger partial charge in [-0.25, -0.2) is 0 Å². The Kier molecular flexibility index (Phi) is 4.16. The molecule has 0 saturated carbocycles. The van der Waals surface area contributed by atoms with E-state index in [4.69, 9.17) is 11.6 Å². The Balaban J connectivity index is 2.48. The molecule has 2 amide bonds. The predicted molar refractivity (Wildman–Crippen MR) is 78.3 cm³/mol. The van der Waals surface area contributed by atoms with Crippen LogP contribution in [0.2, 0.25) is 5.02 Å². The summed E-state index contributed by atoms with van der Waals surface area (Å²) in [6, 6.07) is 4.23. The average molecular weight is 346 g/mol. The van der Waals surface area contributed by atoms with Crippen LogP contribution in [0.15, 0.2) is 22.7 Å². The summed E-state index contributed by atoms with van der Waals surface area (Å²) in [5.74, 6) is -0.268. The van der Waals surface area contributed by atoms with Crippen molar-refractivity contribution in [2.45, 2.75) is 32.4 Å². The summed E-state index contributed by atoms with van der Waals surface area (Å²) in [5.41, 5.74) is 0.623. The molecule has 1 heterocycles. The zero-order chi connectivity index (χ0) is 14.2. The largest absolute Gasteiger partial charge is 0.343 e. The average Bonchev–Trinajstić information content (AvgIpc) is 2.39. The molecule has 0 radical (unpaired) electrons. The molecule has 102 valence electrons. The molecule has 1 N–H and O–H groups in total. The van der Waals surface area contributed by atoms with Crippen molar-refractivity contribution in [3.05, 3.63) is 27.7 Å². The number of rotatable bonds is 2. The molecule has 1 aliphatic heterocycles. The van der Waals surface area contributed by atoms with Gasteiger partial charge in [0.2, 0.25) is 11.8 Å². The summed E-state index contributed by atoms with van der Waals surface area (Å²) >= 11 is 9.42. The van der Waals surface area contributed by atoms with Crippen molar-refractivity contribution < 1.29 is 9.59 Å². The maximum Gasteiger partial charge on any atom is 0.250 e. The number of nitrogens with zero attached hydrogens (tertiary/aromatic N) is 1. The van der Waals surface area contributed by atoms with Crippen LogP contribution in [0.1, 0.15) is 20.3 Å². The van der Waals surface area contributed by atoms with E-state index in [0.717, 1.165) is 0 Å². The Bertz CT molecular complexity index is 535. The second-order valence-corrected chi connectivity index (χ2v) is 5.63. The smallest absolute Gasteiger partial charge is 0.250 e. The molecule has 4 nitrogen and oxygen atoms in total. The third-order valence-electron chi connectivity index (χ3n) is 3.22. The van der Waals surface area contributed by atoms with Crippen LogP contribution < -0.4 is 10.2 Å². The first kappa shape index (κ1) is 14.3. The van der Waals surface area contributed by atoms with Crippen molar-refractivity contribution in [3.63, 3.8) is 0 Å². The van der Waals surface area contributed by atoms with Crippen molar-refractivity contribution in [2.24, 2.45) is 0 Å². The fourth-order valence-corrected chi connectivity index (χ4v) is 2.74. The minimum atomic E-state index is -0.551. The predicted octanol–water partition coefficient (Wildman–Crippen LogP) is 2.73. The second kappa shape index (κ2) is 5.51. The van der Waals surface area contributed by atoms with E-state index < -0.39 is 12.1 Å². The van der Waals surface area contributed by atoms with Crippen LogP contribution in [0.4, 0.5) is 5.69 Å². The van der Waals surface area contributed by atoms with Crippen molar-refractivity contribution in [3.8, 4) is 0 Å². The Labute approximate surface area is 125 Å². The zero-order valence-corrected chi connectivity index (χ0v) is 13.0. The fourth-order valence-electron chi connectivity index (χ4n) is 2.11. The molecule has 0 aliphatic carbocycles. The molecule has 2 unspecified atom stereocenters. The summed E-state index contributed by atoms with van der Waals surface area (Å²) < 4.78 is 0.626. The van der Waals surface area contributed by atoms with Crippen LogP contribution in [0.3, 0.4) is 0 Å². The lowest BCUT2D eigenvalue weighted by molar-refractivity contribution is -0.133. The van der Waals surface area contributed by atoms with E-state index in [1.807, 2.05) is 6.92 Å². The lowest BCUT2D eigenvalue weighted by atomic mass is 10.1. The topological polar surface area (TPSA) is 49.4 Å². The monoisotopic (exact) mass is 344 g/mol. The number of hydrogen-bond donors (Lipinski definition) is 1. The number of amides is 2. The highest BCUT2D eigenvalue weighted by atomic mass is 79.9. The molecule has 19 heavy (non-hydrogen) atoms. The summed E-state index contributed by atoms with van der Waals surface area (Å²) in [4.78, 5) is 25.9. The van der Waals surface area contributed by atoms with Crippen LogP contribution in [0, 0.1) is 0 Å². The molecule has 0 bridgehead atoms. The van der Waals surface area contributed by atoms with Gasteiger partial charge in [-0.15, -0.1) is 0 Å². The van der Waals surface area contributed by atoms with Gasteiger partial charge >= 0.3 is 0 Å². The van der Waals surface area contributed by atoms with Crippen LogP contribution in [0.25, 0.3) is 0 Å². The van der Waals surface area contributed by atoms with Gasteiger partial charge in [-0.2, -0.15) is 0 Å². The number of nitrogens with one attached hydrogen (secondary N) is 1. The molecule has 1 fully saturated rings. The summed E-state index contributed by atoms with van der Waals surface area (Å²) in [6.45, 7) is 3.57. The van der Waals surface area contributed by atoms with Gasteiger partial charge in [0.25, 0.3) is 0 Å². The Hall–Kier alpha value is -1.07. The quantitative estimate of drug-likeness (QED) is 0.896. The van der Waals surface area contributed by atoms with Crippen LogP contribution in [-0.2, 0) is 9.59 Å². The lowest BCUT2D eigenvalue weighted by Crippen LogP contribution is -2.62. The number of halogens is 2. The van der Waals surface area contributed by atoms with Crippen LogP contribution in [0.5, 0.6) is 0 Å². The number of carbonyl (C=O) groups excluding carboxylic acids is 2. The van der Waals surface area contributed by atoms with Gasteiger partial charge in [0.05, 0.1) is 15.2 Å². The molecular weight excluding hydrogens is 332 g/mol. The van der Waals surface area contributed by atoms with Gasteiger partial charge in [-0.1, -0.05) is 24.6 Å². The summed E-state index contributed by atoms with van der Waals surface area (Å²) in [7, 11) is 0. The van der Waals surface area contributed by atoms with Crippen molar-refractivity contribution in [1.29, 1.82) is 0 Å². The van der Waals surface area contributed by atoms with Crippen LogP contribution in [-0.4, -0.2) is 23.9 Å². The van der Waals surface area contributed by atoms with Crippen molar-refractivity contribution in [2.75, 3.05) is 4.90 Å². The molecule has 1 aromatic carbocycles. The summed E-state index contributed by atoms with van der Waals surface area (Å²) in [5, 5.41) is 3.23. The van der Waals surface area contributed by atoms with Gasteiger partial charge in [0.1, 0.15) is 12.1 Å². The lowest BCUT2D eigenvalue weighted by Gasteiger charge is -2.37. The highest BCUT2D eigenvalue weighted by molar-refractivity contribution is 9.10. The molecule has 2 atom stereocenters. The molecule has 2 rings (SSSR count). The fraction of sp³-hybridized carbons (Fsp3) is 0.385.